The Kier molecular flexibility index (Phi) is 4.44. The van der Waals surface area contributed by atoms with Crippen molar-refractivity contribution in [2.75, 3.05) is 18.1 Å². The highest BCUT2D eigenvalue weighted by atomic mass is 35.5. The van der Waals surface area contributed by atoms with E-state index in [1.807, 2.05) is 24.3 Å². The van der Waals surface area contributed by atoms with Crippen molar-refractivity contribution >= 4 is 38.1 Å². The van der Waals surface area contributed by atoms with Gasteiger partial charge in [-0.15, -0.1) is 0 Å². The van der Waals surface area contributed by atoms with E-state index in [1.54, 1.807) is 19.1 Å². The summed E-state index contributed by atoms with van der Waals surface area (Å²) >= 11 is 6.16. The Hall–Kier alpha value is -1.79. The number of rotatable bonds is 4. The predicted molar refractivity (Wildman–Crippen MR) is 94.3 cm³/mol. The summed E-state index contributed by atoms with van der Waals surface area (Å²) in [6, 6.07) is 11.0. The van der Waals surface area contributed by atoms with Crippen LogP contribution in [0.2, 0.25) is 5.02 Å². The highest BCUT2D eigenvalue weighted by molar-refractivity contribution is 7.91. The number of carbonyl (C=O) groups excluding carboxylic acids is 1. The van der Waals surface area contributed by atoms with Crippen LogP contribution in [0, 0.1) is 0 Å². The maximum absolute atomic E-state index is 12.1. The highest BCUT2D eigenvalue weighted by Crippen LogP contribution is 2.31. The summed E-state index contributed by atoms with van der Waals surface area (Å²) in [5, 5.41) is 5.07. The van der Waals surface area contributed by atoms with Gasteiger partial charge < -0.3 is 10.1 Å². The first-order chi connectivity index (χ1) is 11.3. The van der Waals surface area contributed by atoms with Crippen molar-refractivity contribution in [2.45, 2.75) is 18.9 Å². The van der Waals surface area contributed by atoms with Gasteiger partial charge in [-0.3, -0.25) is 4.79 Å². The molecule has 0 spiro atoms. The van der Waals surface area contributed by atoms with Gasteiger partial charge in [-0.1, -0.05) is 35.9 Å². The fourth-order valence-corrected chi connectivity index (χ4v) is 5.31. The van der Waals surface area contributed by atoms with Crippen LogP contribution in [0.4, 0.5) is 0 Å². The van der Waals surface area contributed by atoms with Crippen LogP contribution in [0.1, 0.15) is 13.3 Å². The molecule has 0 unspecified atom stereocenters. The van der Waals surface area contributed by atoms with Crippen LogP contribution in [-0.4, -0.2) is 38.0 Å². The summed E-state index contributed by atoms with van der Waals surface area (Å²) in [4.78, 5) is 12.1. The number of nitrogens with one attached hydrogen (secondary N) is 1. The molecule has 128 valence electrons. The van der Waals surface area contributed by atoms with E-state index in [0.717, 1.165) is 10.8 Å². The summed E-state index contributed by atoms with van der Waals surface area (Å²) in [5.74, 6) is 0.296. The van der Waals surface area contributed by atoms with Gasteiger partial charge >= 0.3 is 0 Å². The van der Waals surface area contributed by atoms with Crippen LogP contribution in [-0.2, 0) is 14.6 Å². The second-order valence-corrected chi connectivity index (χ2v) is 8.92. The Labute approximate surface area is 145 Å². The van der Waals surface area contributed by atoms with Crippen LogP contribution in [0.5, 0.6) is 5.75 Å². The van der Waals surface area contributed by atoms with Gasteiger partial charge in [0.2, 0.25) is 0 Å². The molecular weight excluding hydrogens is 350 g/mol. The zero-order chi connectivity index (χ0) is 17.4. The molecule has 1 atom stereocenters. The molecule has 0 saturated carbocycles. The quantitative estimate of drug-likeness (QED) is 0.901. The molecule has 1 amide bonds. The monoisotopic (exact) mass is 367 g/mol. The van der Waals surface area contributed by atoms with E-state index in [1.165, 1.54) is 0 Å². The molecule has 1 aliphatic heterocycles. The molecular formula is C17H18ClNO4S. The van der Waals surface area contributed by atoms with E-state index < -0.39 is 15.4 Å². The lowest BCUT2D eigenvalue weighted by Gasteiger charge is -2.23. The second-order valence-electron chi connectivity index (χ2n) is 6.33. The molecule has 1 saturated heterocycles. The van der Waals surface area contributed by atoms with Gasteiger partial charge in [0.15, 0.2) is 16.4 Å². The largest absolute Gasteiger partial charge is 0.483 e. The number of ether oxygens (including phenoxy) is 1. The van der Waals surface area contributed by atoms with E-state index in [2.05, 4.69) is 5.32 Å². The van der Waals surface area contributed by atoms with Crippen molar-refractivity contribution in [2.24, 2.45) is 0 Å². The highest BCUT2D eigenvalue weighted by Gasteiger charge is 2.39. The minimum absolute atomic E-state index is 0.0321. The van der Waals surface area contributed by atoms with Crippen molar-refractivity contribution in [3.63, 3.8) is 0 Å². The number of sulfone groups is 1. The van der Waals surface area contributed by atoms with Crippen molar-refractivity contribution in [1.82, 2.24) is 5.32 Å². The smallest absolute Gasteiger partial charge is 0.258 e. The van der Waals surface area contributed by atoms with E-state index in [9.17, 15) is 13.2 Å². The minimum Gasteiger partial charge on any atom is -0.483 e. The Morgan fingerprint density at radius 2 is 1.96 bits per heavy atom. The predicted octanol–water partition coefficient (Wildman–Crippen LogP) is 2.57. The Bertz CT molecular complexity index is 897. The average Bonchev–Trinajstić information content (AvgIpc) is 2.80. The van der Waals surface area contributed by atoms with Crippen LogP contribution < -0.4 is 10.1 Å². The van der Waals surface area contributed by atoms with Gasteiger partial charge in [0.05, 0.1) is 17.0 Å². The second kappa shape index (κ2) is 6.26. The molecule has 1 fully saturated rings. The molecule has 1 heterocycles. The number of hydrogen-bond acceptors (Lipinski definition) is 4. The van der Waals surface area contributed by atoms with E-state index in [0.29, 0.717) is 17.2 Å². The lowest BCUT2D eigenvalue weighted by Crippen LogP contribution is -2.48. The molecule has 0 radical (unpaired) electrons. The molecule has 2 aromatic carbocycles. The first-order valence-corrected chi connectivity index (χ1v) is 9.79. The zero-order valence-electron chi connectivity index (χ0n) is 13.2. The van der Waals surface area contributed by atoms with Crippen molar-refractivity contribution in [3.05, 3.63) is 41.4 Å². The minimum atomic E-state index is -3.07. The molecule has 3 rings (SSSR count). The van der Waals surface area contributed by atoms with Crippen LogP contribution in [0.15, 0.2) is 36.4 Å². The SMILES string of the molecule is C[C@@]1(NC(=O)COc2ccc(Cl)c3ccccc23)CCS(=O)(=O)C1. The van der Waals surface area contributed by atoms with Crippen LogP contribution in [0.3, 0.4) is 0 Å². The summed E-state index contributed by atoms with van der Waals surface area (Å²) in [6.45, 7) is 1.56. The van der Waals surface area contributed by atoms with Crippen molar-refractivity contribution in [1.29, 1.82) is 0 Å². The van der Waals surface area contributed by atoms with Crippen molar-refractivity contribution < 1.29 is 17.9 Å². The molecule has 5 nitrogen and oxygen atoms in total. The molecule has 0 bridgehead atoms. The summed E-state index contributed by atoms with van der Waals surface area (Å²) in [6.07, 6.45) is 0.422. The van der Waals surface area contributed by atoms with E-state index in [4.69, 9.17) is 16.3 Å². The van der Waals surface area contributed by atoms with Crippen molar-refractivity contribution in [3.8, 4) is 5.75 Å². The van der Waals surface area contributed by atoms with E-state index in [-0.39, 0.29) is 24.0 Å². The molecule has 7 heteroatoms. The number of halogens is 1. The number of benzene rings is 2. The first-order valence-electron chi connectivity index (χ1n) is 7.60. The molecule has 24 heavy (non-hydrogen) atoms. The fraction of sp³-hybridized carbons (Fsp3) is 0.353. The van der Waals surface area contributed by atoms with Gasteiger partial charge in [0.25, 0.3) is 5.91 Å². The number of hydrogen-bond donors (Lipinski definition) is 1. The zero-order valence-corrected chi connectivity index (χ0v) is 14.8. The van der Waals surface area contributed by atoms with Gasteiger partial charge in [-0.2, -0.15) is 0 Å². The maximum atomic E-state index is 12.1. The first kappa shape index (κ1) is 17.0. The molecule has 1 aliphatic rings. The maximum Gasteiger partial charge on any atom is 0.258 e. The van der Waals surface area contributed by atoms with Gasteiger partial charge in [-0.25, -0.2) is 8.42 Å². The molecule has 1 N–H and O–H groups in total. The fourth-order valence-electron chi connectivity index (χ4n) is 2.99. The lowest BCUT2D eigenvalue weighted by molar-refractivity contribution is -0.124. The van der Waals surface area contributed by atoms with Crippen LogP contribution in [0.25, 0.3) is 10.8 Å². The third-order valence-electron chi connectivity index (χ3n) is 4.13. The number of carbonyl (C=O) groups is 1. The number of fused-ring (bicyclic) bond motifs is 1. The topological polar surface area (TPSA) is 72.5 Å². The van der Waals surface area contributed by atoms with Gasteiger partial charge in [-0.05, 0) is 25.5 Å². The average molecular weight is 368 g/mol. The molecule has 0 aromatic heterocycles. The lowest BCUT2D eigenvalue weighted by atomic mass is 10.0. The summed E-state index contributed by atoms with van der Waals surface area (Å²) < 4.78 is 28.8. The third kappa shape index (κ3) is 3.65. The molecule has 0 aliphatic carbocycles. The Morgan fingerprint density at radius 1 is 1.25 bits per heavy atom. The van der Waals surface area contributed by atoms with Crippen LogP contribution >= 0.6 is 11.6 Å². The normalized spacial score (nSPS) is 22.4. The number of amides is 1. The van der Waals surface area contributed by atoms with Gasteiger partial charge in [0.1, 0.15) is 5.75 Å². The summed E-state index contributed by atoms with van der Waals surface area (Å²) in [7, 11) is -3.07. The Morgan fingerprint density at radius 3 is 2.62 bits per heavy atom. The van der Waals surface area contributed by atoms with E-state index >= 15 is 0 Å². The Balaban J connectivity index is 1.68. The molecule has 2 aromatic rings. The summed E-state index contributed by atoms with van der Waals surface area (Å²) in [5.41, 5.74) is -0.721. The van der Waals surface area contributed by atoms with Gasteiger partial charge in [0, 0.05) is 15.8 Å². The third-order valence-corrected chi connectivity index (χ3v) is 6.37. The standard InChI is InChI=1S/C17H18ClNO4S/c1-17(8-9-24(21,22)11-17)19-16(20)10-23-15-7-6-14(18)12-4-2-3-5-13(12)15/h2-7H,8-11H2,1H3,(H,19,20)/t17-/m1/s1.